The number of carbonyl (C=O) groups excluding carboxylic acids is 2. The Kier molecular flexibility index (Phi) is 7.29. The van der Waals surface area contributed by atoms with Crippen molar-refractivity contribution in [3.8, 4) is 11.3 Å². The fourth-order valence-electron chi connectivity index (χ4n) is 3.79. The van der Waals surface area contributed by atoms with Crippen LogP contribution in [-0.2, 0) is 17.9 Å². The Bertz CT molecular complexity index is 1050. The number of benzene rings is 2. The second-order valence-corrected chi connectivity index (χ2v) is 8.99. The first-order valence-corrected chi connectivity index (χ1v) is 11.9. The SMILES string of the molecule is CC(=O)NCc1ccc(-c2csc(NC(=O)c3ccc(CN4CCCCC4)cc3)n2)cc1. The number of carbonyl (C=O) groups is 2. The number of piperidine rings is 1. The number of rotatable bonds is 7. The van der Waals surface area contributed by atoms with Gasteiger partial charge in [-0.3, -0.25) is 19.8 Å². The van der Waals surface area contributed by atoms with Crippen LogP contribution in [0.5, 0.6) is 0 Å². The number of aromatic nitrogens is 1. The lowest BCUT2D eigenvalue weighted by molar-refractivity contribution is -0.119. The van der Waals surface area contributed by atoms with Crippen LogP contribution >= 0.6 is 11.3 Å². The summed E-state index contributed by atoms with van der Waals surface area (Å²) in [5, 5.41) is 8.19. The number of nitrogens with one attached hydrogen (secondary N) is 2. The summed E-state index contributed by atoms with van der Waals surface area (Å²) in [6, 6.07) is 15.7. The van der Waals surface area contributed by atoms with Crippen molar-refractivity contribution in [2.24, 2.45) is 0 Å². The predicted molar refractivity (Wildman–Crippen MR) is 129 cm³/mol. The summed E-state index contributed by atoms with van der Waals surface area (Å²) in [6.07, 6.45) is 3.88. The normalized spacial score (nSPS) is 14.2. The van der Waals surface area contributed by atoms with E-state index < -0.39 is 0 Å². The summed E-state index contributed by atoms with van der Waals surface area (Å²) in [7, 11) is 0. The molecule has 0 saturated carbocycles. The number of amides is 2. The maximum atomic E-state index is 12.6. The van der Waals surface area contributed by atoms with E-state index in [4.69, 9.17) is 0 Å². The molecule has 0 aliphatic carbocycles. The second-order valence-electron chi connectivity index (χ2n) is 8.13. The average molecular weight is 449 g/mol. The zero-order chi connectivity index (χ0) is 22.3. The third-order valence-electron chi connectivity index (χ3n) is 5.59. The van der Waals surface area contributed by atoms with Crippen LogP contribution in [0, 0.1) is 0 Å². The van der Waals surface area contributed by atoms with Gasteiger partial charge in [-0.15, -0.1) is 11.3 Å². The zero-order valence-electron chi connectivity index (χ0n) is 18.3. The van der Waals surface area contributed by atoms with Gasteiger partial charge in [0, 0.05) is 36.5 Å². The van der Waals surface area contributed by atoms with Gasteiger partial charge in [0.25, 0.3) is 5.91 Å². The van der Waals surface area contributed by atoms with Crippen molar-refractivity contribution >= 4 is 28.3 Å². The Morgan fingerprint density at radius 1 is 0.969 bits per heavy atom. The molecule has 0 radical (unpaired) electrons. The summed E-state index contributed by atoms with van der Waals surface area (Å²) in [5.74, 6) is -0.202. The van der Waals surface area contributed by atoms with E-state index in [1.165, 1.54) is 43.1 Å². The van der Waals surface area contributed by atoms with Crippen LogP contribution in [0.25, 0.3) is 11.3 Å². The van der Waals surface area contributed by atoms with Gasteiger partial charge in [0.05, 0.1) is 5.69 Å². The van der Waals surface area contributed by atoms with Gasteiger partial charge in [0.2, 0.25) is 5.91 Å². The van der Waals surface area contributed by atoms with Gasteiger partial charge >= 0.3 is 0 Å². The number of hydrogen-bond donors (Lipinski definition) is 2. The molecule has 0 bridgehead atoms. The van der Waals surface area contributed by atoms with Crippen molar-refractivity contribution in [3.63, 3.8) is 0 Å². The number of thiazole rings is 1. The maximum Gasteiger partial charge on any atom is 0.257 e. The molecular formula is C25H28N4O2S. The lowest BCUT2D eigenvalue weighted by atomic mass is 10.1. The van der Waals surface area contributed by atoms with Crippen LogP contribution in [0.1, 0.15) is 47.7 Å². The molecule has 1 aliphatic rings. The molecular weight excluding hydrogens is 420 g/mol. The summed E-state index contributed by atoms with van der Waals surface area (Å²) in [5.41, 5.74) is 4.67. The van der Waals surface area contributed by atoms with Gasteiger partial charge in [0.15, 0.2) is 5.13 Å². The van der Waals surface area contributed by atoms with Gasteiger partial charge in [-0.1, -0.05) is 42.8 Å². The third kappa shape index (κ3) is 6.02. The standard InChI is InChI=1S/C25H28N4O2S/c1-18(30)26-15-19-5-9-21(10-6-19)23-17-32-25(27-23)28-24(31)22-11-7-20(8-12-22)16-29-13-3-2-4-14-29/h5-12,17H,2-4,13-16H2,1H3,(H,26,30)(H,27,28,31). The minimum atomic E-state index is -0.152. The fourth-order valence-corrected chi connectivity index (χ4v) is 4.50. The average Bonchev–Trinajstić information content (AvgIpc) is 3.27. The van der Waals surface area contributed by atoms with Crippen LogP contribution in [0.4, 0.5) is 5.13 Å². The molecule has 0 atom stereocenters. The third-order valence-corrected chi connectivity index (χ3v) is 6.34. The molecule has 2 aromatic carbocycles. The Labute approximate surface area is 192 Å². The van der Waals surface area contributed by atoms with Crippen LogP contribution in [0.3, 0.4) is 0 Å². The van der Waals surface area contributed by atoms with E-state index in [0.717, 1.165) is 36.5 Å². The van der Waals surface area contributed by atoms with Crippen LogP contribution < -0.4 is 10.6 Å². The van der Waals surface area contributed by atoms with Crippen molar-refractivity contribution in [2.45, 2.75) is 39.3 Å². The van der Waals surface area contributed by atoms with E-state index in [9.17, 15) is 9.59 Å². The summed E-state index contributed by atoms with van der Waals surface area (Å²) in [6.45, 7) is 5.27. The topological polar surface area (TPSA) is 74.3 Å². The van der Waals surface area contributed by atoms with Gasteiger partial charge in [-0.05, 0) is 49.2 Å². The van der Waals surface area contributed by atoms with E-state index in [1.54, 1.807) is 0 Å². The van der Waals surface area contributed by atoms with E-state index in [2.05, 4.69) is 20.5 Å². The highest BCUT2D eigenvalue weighted by Gasteiger charge is 2.13. The quantitative estimate of drug-likeness (QED) is 0.550. The second kappa shape index (κ2) is 10.5. The zero-order valence-corrected chi connectivity index (χ0v) is 19.1. The van der Waals surface area contributed by atoms with Crippen molar-refractivity contribution in [1.29, 1.82) is 0 Å². The lowest BCUT2D eigenvalue weighted by Crippen LogP contribution is -2.29. The van der Waals surface area contributed by atoms with Crippen LogP contribution in [0.2, 0.25) is 0 Å². The van der Waals surface area contributed by atoms with E-state index >= 15 is 0 Å². The Balaban J connectivity index is 1.33. The number of nitrogens with zero attached hydrogens (tertiary/aromatic N) is 2. The molecule has 2 heterocycles. The molecule has 4 rings (SSSR count). The highest BCUT2D eigenvalue weighted by molar-refractivity contribution is 7.14. The van der Waals surface area contributed by atoms with Crippen LogP contribution in [0.15, 0.2) is 53.9 Å². The molecule has 0 unspecified atom stereocenters. The summed E-state index contributed by atoms with van der Waals surface area (Å²) >= 11 is 1.41. The molecule has 3 aromatic rings. The van der Waals surface area contributed by atoms with Gasteiger partial charge in [-0.2, -0.15) is 0 Å². The first-order valence-electron chi connectivity index (χ1n) is 11.0. The molecule has 1 fully saturated rings. The van der Waals surface area contributed by atoms with Crippen LogP contribution in [-0.4, -0.2) is 34.8 Å². The Morgan fingerprint density at radius 3 is 2.34 bits per heavy atom. The lowest BCUT2D eigenvalue weighted by Gasteiger charge is -2.26. The van der Waals surface area contributed by atoms with Crippen molar-refractivity contribution < 1.29 is 9.59 Å². The first-order chi connectivity index (χ1) is 15.6. The molecule has 7 heteroatoms. The number of likely N-dealkylation sites (tertiary alicyclic amines) is 1. The maximum absolute atomic E-state index is 12.6. The minimum absolute atomic E-state index is 0.0504. The molecule has 0 spiro atoms. The minimum Gasteiger partial charge on any atom is -0.352 e. The van der Waals surface area contributed by atoms with Gasteiger partial charge < -0.3 is 5.32 Å². The molecule has 1 saturated heterocycles. The Morgan fingerprint density at radius 2 is 1.66 bits per heavy atom. The molecule has 1 aromatic heterocycles. The van der Waals surface area contributed by atoms with E-state index in [1.807, 2.05) is 53.9 Å². The van der Waals surface area contributed by atoms with Gasteiger partial charge in [0.1, 0.15) is 0 Å². The molecule has 32 heavy (non-hydrogen) atoms. The molecule has 2 N–H and O–H groups in total. The highest BCUT2D eigenvalue weighted by atomic mass is 32.1. The monoisotopic (exact) mass is 448 g/mol. The smallest absolute Gasteiger partial charge is 0.257 e. The number of hydrogen-bond acceptors (Lipinski definition) is 5. The predicted octanol–water partition coefficient (Wildman–Crippen LogP) is 4.68. The fraction of sp³-hybridized carbons (Fsp3) is 0.320. The summed E-state index contributed by atoms with van der Waals surface area (Å²) in [4.78, 5) is 30.7. The van der Waals surface area contributed by atoms with Crippen molar-refractivity contribution in [3.05, 3.63) is 70.6 Å². The molecule has 6 nitrogen and oxygen atoms in total. The van der Waals surface area contributed by atoms with E-state index in [-0.39, 0.29) is 11.8 Å². The molecule has 1 aliphatic heterocycles. The summed E-state index contributed by atoms with van der Waals surface area (Å²) < 4.78 is 0. The Hall–Kier alpha value is -3.03. The first kappa shape index (κ1) is 22.2. The highest BCUT2D eigenvalue weighted by Crippen LogP contribution is 2.25. The van der Waals surface area contributed by atoms with Crippen molar-refractivity contribution in [1.82, 2.24) is 15.2 Å². The van der Waals surface area contributed by atoms with Crippen molar-refractivity contribution in [2.75, 3.05) is 18.4 Å². The molecule has 166 valence electrons. The molecule has 2 amide bonds. The van der Waals surface area contributed by atoms with Gasteiger partial charge in [-0.25, -0.2) is 4.98 Å². The largest absolute Gasteiger partial charge is 0.352 e. The number of anilines is 1. The van der Waals surface area contributed by atoms with E-state index in [0.29, 0.717) is 17.2 Å².